The van der Waals surface area contributed by atoms with Gasteiger partial charge in [0.25, 0.3) is 0 Å². The van der Waals surface area contributed by atoms with Crippen LogP contribution in [0.3, 0.4) is 0 Å². The standard InChI is InChI=1S/C16H14ClN3O/c1-21-14-9-5-6-12(10-14)16-15(11-17)18-19-20(16)13-7-3-2-4-8-13/h2-10H,11H2,1H3. The maximum Gasteiger partial charge on any atom is 0.119 e. The normalized spacial score (nSPS) is 10.6. The lowest BCUT2D eigenvalue weighted by Crippen LogP contribution is -1.99. The fourth-order valence-electron chi connectivity index (χ4n) is 2.21. The number of ether oxygens (including phenoxy) is 1. The molecule has 0 spiro atoms. The summed E-state index contributed by atoms with van der Waals surface area (Å²) in [5, 5.41) is 8.41. The number of benzene rings is 2. The van der Waals surface area contributed by atoms with Crippen LogP contribution in [-0.4, -0.2) is 22.1 Å². The molecule has 0 radical (unpaired) electrons. The molecule has 106 valence electrons. The van der Waals surface area contributed by atoms with Crippen molar-refractivity contribution in [3.05, 3.63) is 60.3 Å². The zero-order valence-corrected chi connectivity index (χ0v) is 12.3. The van der Waals surface area contributed by atoms with Crippen molar-refractivity contribution in [2.75, 3.05) is 7.11 Å². The van der Waals surface area contributed by atoms with Crippen LogP contribution in [0, 0.1) is 0 Å². The minimum Gasteiger partial charge on any atom is -0.497 e. The highest BCUT2D eigenvalue weighted by Crippen LogP contribution is 2.28. The average Bonchev–Trinajstić information content (AvgIpc) is 2.99. The number of rotatable bonds is 4. The maximum atomic E-state index is 6.01. The summed E-state index contributed by atoms with van der Waals surface area (Å²) in [5.41, 5.74) is 3.54. The molecule has 0 aliphatic heterocycles. The Morgan fingerprint density at radius 2 is 1.90 bits per heavy atom. The van der Waals surface area contributed by atoms with Crippen LogP contribution < -0.4 is 4.74 Å². The van der Waals surface area contributed by atoms with Gasteiger partial charge in [-0.1, -0.05) is 35.5 Å². The fraction of sp³-hybridized carbons (Fsp3) is 0.125. The summed E-state index contributed by atoms with van der Waals surface area (Å²) in [6, 6.07) is 17.7. The second-order valence-electron chi connectivity index (χ2n) is 4.50. The number of alkyl halides is 1. The molecule has 0 saturated heterocycles. The van der Waals surface area contributed by atoms with E-state index >= 15 is 0 Å². The molecule has 0 N–H and O–H groups in total. The van der Waals surface area contributed by atoms with Gasteiger partial charge in [-0.05, 0) is 24.3 Å². The monoisotopic (exact) mass is 299 g/mol. The molecule has 0 unspecified atom stereocenters. The second kappa shape index (κ2) is 5.97. The highest BCUT2D eigenvalue weighted by molar-refractivity contribution is 6.17. The first-order valence-electron chi connectivity index (χ1n) is 6.54. The summed E-state index contributed by atoms with van der Waals surface area (Å²) in [4.78, 5) is 0. The van der Waals surface area contributed by atoms with Crippen molar-refractivity contribution in [2.45, 2.75) is 5.88 Å². The molecule has 1 heterocycles. The van der Waals surface area contributed by atoms with Crippen LogP contribution in [0.25, 0.3) is 16.9 Å². The van der Waals surface area contributed by atoms with Gasteiger partial charge >= 0.3 is 0 Å². The largest absolute Gasteiger partial charge is 0.497 e. The van der Waals surface area contributed by atoms with Crippen LogP contribution in [0.1, 0.15) is 5.69 Å². The molecule has 5 heteroatoms. The summed E-state index contributed by atoms with van der Waals surface area (Å²) in [5.74, 6) is 1.09. The first-order chi connectivity index (χ1) is 10.3. The van der Waals surface area contributed by atoms with Gasteiger partial charge in [0.1, 0.15) is 11.4 Å². The molecule has 1 aromatic heterocycles. The summed E-state index contributed by atoms with van der Waals surface area (Å²) >= 11 is 6.01. The molecular formula is C16H14ClN3O. The molecule has 4 nitrogen and oxygen atoms in total. The molecular weight excluding hydrogens is 286 g/mol. The second-order valence-corrected chi connectivity index (χ2v) is 4.76. The highest BCUT2D eigenvalue weighted by Gasteiger charge is 2.15. The van der Waals surface area contributed by atoms with E-state index in [0.717, 1.165) is 28.4 Å². The Morgan fingerprint density at radius 1 is 1.10 bits per heavy atom. The van der Waals surface area contributed by atoms with Crippen molar-refractivity contribution in [3.8, 4) is 22.7 Å². The topological polar surface area (TPSA) is 39.9 Å². The first-order valence-corrected chi connectivity index (χ1v) is 7.07. The van der Waals surface area contributed by atoms with Gasteiger partial charge in [0.2, 0.25) is 0 Å². The van der Waals surface area contributed by atoms with E-state index < -0.39 is 0 Å². The number of methoxy groups -OCH3 is 1. The van der Waals surface area contributed by atoms with Gasteiger partial charge in [0, 0.05) is 5.56 Å². The van der Waals surface area contributed by atoms with Gasteiger partial charge < -0.3 is 4.74 Å². The van der Waals surface area contributed by atoms with Crippen molar-refractivity contribution in [1.29, 1.82) is 0 Å². The molecule has 21 heavy (non-hydrogen) atoms. The third-order valence-electron chi connectivity index (χ3n) is 3.21. The van der Waals surface area contributed by atoms with Gasteiger partial charge in [0.15, 0.2) is 0 Å². The van der Waals surface area contributed by atoms with Crippen molar-refractivity contribution in [1.82, 2.24) is 15.0 Å². The van der Waals surface area contributed by atoms with E-state index in [2.05, 4.69) is 10.3 Å². The number of aromatic nitrogens is 3. The van der Waals surface area contributed by atoms with E-state index in [9.17, 15) is 0 Å². The lowest BCUT2D eigenvalue weighted by molar-refractivity contribution is 0.415. The number of hydrogen-bond donors (Lipinski definition) is 0. The quantitative estimate of drug-likeness (QED) is 0.690. The van der Waals surface area contributed by atoms with Gasteiger partial charge in [-0.2, -0.15) is 0 Å². The van der Waals surface area contributed by atoms with E-state index in [1.165, 1.54) is 0 Å². The Kier molecular flexibility index (Phi) is 3.88. The SMILES string of the molecule is COc1cccc(-c2c(CCl)nnn2-c2ccccc2)c1. The molecule has 2 aromatic carbocycles. The number of halogens is 1. The Labute approximate surface area is 127 Å². The van der Waals surface area contributed by atoms with Crippen LogP contribution in [0.4, 0.5) is 0 Å². The van der Waals surface area contributed by atoms with Crippen LogP contribution >= 0.6 is 11.6 Å². The van der Waals surface area contributed by atoms with Gasteiger partial charge in [-0.3, -0.25) is 0 Å². The van der Waals surface area contributed by atoms with E-state index in [-0.39, 0.29) is 0 Å². The zero-order valence-electron chi connectivity index (χ0n) is 11.5. The predicted octanol–water partition coefficient (Wildman–Crippen LogP) is 3.68. The molecule has 0 atom stereocenters. The van der Waals surface area contributed by atoms with E-state index in [4.69, 9.17) is 16.3 Å². The molecule has 0 bridgehead atoms. The lowest BCUT2D eigenvalue weighted by Gasteiger charge is -2.09. The Hall–Kier alpha value is -2.33. The molecule has 0 aliphatic rings. The van der Waals surface area contributed by atoms with Gasteiger partial charge in [-0.15, -0.1) is 16.7 Å². The Bertz CT molecular complexity index is 740. The van der Waals surface area contributed by atoms with Gasteiger partial charge in [0.05, 0.1) is 24.4 Å². The van der Waals surface area contributed by atoms with Crippen LogP contribution in [0.15, 0.2) is 54.6 Å². The predicted molar refractivity (Wildman–Crippen MR) is 82.9 cm³/mol. The highest BCUT2D eigenvalue weighted by atomic mass is 35.5. The van der Waals surface area contributed by atoms with Crippen molar-refractivity contribution < 1.29 is 4.74 Å². The Balaban J connectivity index is 2.18. The van der Waals surface area contributed by atoms with E-state index in [1.807, 2.05) is 54.6 Å². The zero-order chi connectivity index (χ0) is 14.7. The summed E-state index contributed by atoms with van der Waals surface area (Å²) in [7, 11) is 1.65. The number of hydrogen-bond acceptors (Lipinski definition) is 3. The van der Waals surface area contributed by atoms with Crippen LogP contribution in [-0.2, 0) is 5.88 Å². The first kappa shape index (κ1) is 13.6. The summed E-state index contributed by atoms with van der Waals surface area (Å²) < 4.78 is 7.09. The fourth-order valence-corrected chi connectivity index (χ4v) is 2.39. The molecule has 0 saturated carbocycles. The summed E-state index contributed by atoms with van der Waals surface area (Å²) in [6.07, 6.45) is 0. The smallest absolute Gasteiger partial charge is 0.119 e. The third kappa shape index (κ3) is 2.62. The molecule has 3 aromatic rings. The molecule has 3 rings (SSSR count). The Morgan fingerprint density at radius 3 is 2.62 bits per heavy atom. The lowest BCUT2D eigenvalue weighted by atomic mass is 10.1. The van der Waals surface area contributed by atoms with Gasteiger partial charge in [-0.25, -0.2) is 4.68 Å². The van der Waals surface area contributed by atoms with Crippen molar-refractivity contribution in [2.24, 2.45) is 0 Å². The molecule has 0 aliphatic carbocycles. The van der Waals surface area contributed by atoms with E-state index in [1.54, 1.807) is 11.8 Å². The minimum absolute atomic E-state index is 0.305. The number of nitrogens with zero attached hydrogens (tertiary/aromatic N) is 3. The third-order valence-corrected chi connectivity index (χ3v) is 3.46. The summed E-state index contributed by atoms with van der Waals surface area (Å²) in [6.45, 7) is 0. The van der Waals surface area contributed by atoms with Crippen LogP contribution in [0.2, 0.25) is 0 Å². The minimum atomic E-state index is 0.305. The average molecular weight is 300 g/mol. The van der Waals surface area contributed by atoms with Crippen molar-refractivity contribution in [3.63, 3.8) is 0 Å². The molecule has 0 fully saturated rings. The van der Waals surface area contributed by atoms with Crippen LogP contribution in [0.5, 0.6) is 5.75 Å². The number of para-hydroxylation sites is 1. The van der Waals surface area contributed by atoms with Crippen molar-refractivity contribution >= 4 is 11.6 Å². The van der Waals surface area contributed by atoms with E-state index in [0.29, 0.717) is 5.88 Å². The maximum absolute atomic E-state index is 6.01. The molecule has 0 amide bonds.